The van der Waals surface area contributed by atoms with Crippen LogP contribution in [0.25, 0.3) is 0 Å². The topological polar surface area (TPSA) is 21.6 Å². The molecule has 1 rings (SSSR count). The molecule has 0 heterocycles. The van der Waals surface area contributed by atoms with Crippen LogP contribution in [0.2, 0.25) is 0 Å². The summed E-state index contributed by atoms with van der Waals surface area (Å²) >= 11 is 0. The van der Waals surface area contributed by atoms with Gasteiger partial charge in [-0.1, -0.05) is 30.9 Å². The summed E-state index contributed by atoms with van der Waals surface area (Å²) in [6.07, 6.45) is 3.17. The van der Waals surface area contributed by atoms with Crippen molar-refractivity contribution in [3.63, 3.8) is 0 Å². The van der Waals surface area contributed by atoms with Crippen molar-refractivity contribution in [2.75, 3.05) is 0 Å². The maximum atomic E-state index is 5.19. The molecule has 0 aliphatic carbocycles. The Labute approximate surface area is 78.6 Å². The summed E-state index contributed by atoms with van der Waals surface area (Å²) in [5, 5.41) is 0. The van der Waals surface area contributed by atoms with Gasteiger partial charge in [0.15, 0.2) is 6.40 Å². The van der Waals surface area contributed by atoms with Crippen LogP contribution in [0, 0.1) is 0 Å². The number of aliphatic imine (C=N–C) groups is 1. The molecule has 0 fully saturated rings. The van der Waals surface area contributed by atoms with Gasteiger partial charge in [-0.05, 0) is 19.1 Å². The third kappa shape index (κ3) is 3.56. The van der Waals surface area contributed by atoms with Crippen molar-refractivity contribution in [1.82, 2.24) is 0 Å². The van der Waals surface area contributed by atoms with Crippen molar-refractivity contribution in [3.8, 4) is 0 Å². The minimum atomic E-state index is 0.00691. The van der Waals surface area contributed by atoms with Crippen LogP contribution in [0.5, 0.6) is 0 Å². The van der Waals surface area contributed by atoms with Gasteiger partial charge in [0.1, 0.15) is 6.10 Å². The highest BCUT2D eigenvalue weighted by molar-refractivity contribution is 5.55. The third-order valence-corrected chi connectivity index (χ3v) is 1.57. The molecule has 2 heteroatoms. The summed E-state index contributed by atoms with van der Waals surface area (Å²) in [6.45, 7) is 5.51. The minimum absolute atomic E-state index is 0.00691. The zero-order valence-corrected chi connectivity index (χ0v) is 7.68. The standard InChI is InChI=1S/C11H13NO/c1-3-10(2)13-9-12-11-7-5-4-6-8-11/h3-10H,1H2,2H3. The molecule has 0 radical (unpaired) electrons. The Morgan fingerprint density at radius 1 is 1.38 bits per heavy atom. The van der Waals surface area contributed by atoms with Crippen LogP contribution in [0.3, 0.4) is 0 Å². The van der Waals surface area contributed by atoms with Gasteiger partial charge in [-0.3, -0.25) is 0 Å². The van der Waals surface area contributed by atoms with Crippen molar-refractivity contribution in [2.24, 2.45) is 4.99 Å². The molecule has 0 aliphatic rings. The average Bonchev–Trinajstić information content (AvgIpc) is 2.19. The van der Waals surface area contributed by atoms with Gasteiger partial charge in [0, 0.05) is 0 Å². The average molecular weight is 175 g/mol. The van der Waals surface area contributed by atoms with Gasteiger partial charge in [0.05, 0.1) is 5.69 Å². The summed E-state index contributed by atoms with van der Waals surface area (Å²) in [7, 11) is 0. The van der Waals surface area contributed by atoms with Crippen LogP contribution in [-0.2, 0) is 4.74 Å². The first kappa shape index (κ1) is 9.52. The Bertz CT molecular complexity index is 279. The highest BCUT2D eigenvalue weighted by Gasteiger charge is 1.89. The SMILES string of the molecule is C=CC(C)OC=Nc1ccccc1. The maximum Gasteiger partial charge on any atom is 0.175 e. The number of hydrogen-bond acceptors (Lipinski definition) is 2. The van der Waals surface area contributed by atoms with E-state index in [-0.39, 0.29) is 6.10 Å². The van der Waals surface area contributed by atoms with E-state index in [1.54, 1.807) is 6.08 Å². The van der Waals surface area contributed by atoms with Crippen molar-refractivity contribution in [3.05, 3.63) is 43.0 Å². The highest BCUT2D eigenvalue weighted by Crippen LogP contribution is 2.08. The van der Waals surface area contributed by atoms with Crippen molar-refractivity contribution in [1.29, 1.82) is 0 Å². The molecule has 13 heavy (non-hydrogen) atoms. The van der Waals surface area contributed by atoms with E-state index < -0.39 is 0 Å². The molecule has 0 bridgehead atoms. The fraction of sp³-hybridized carbons (Fsp3) is 0.182. The van der Waals surface area contributed by atoms with Crippen molar-refractivity contribution >= 4 is 12.1 Å². The second-order valence-electron chi connectivity index (χ2n) is 2.65. The quantitative estimate of drug-likeness (QED) is 0.391. The molecule has 0 aliphatic heterocycles. The minimum Gasteiger partial charge on any atom is -0.476 e. The Morgan fingerprint density at radius 3 is 2.69 bits per heavy atom. The summed E-state index contributed by atoms with van der Waals surface area (Å²) in [6, 6.07) is 9.65. The van der Waals surface area contributed by atoms with Crippen LogP contribution in [-0.4, -0.2) is 12.5 Å². The third-order valence-electron chi connectivity index (χ3n) is 1.57. The van der Waals surface area contributed by atoms with Gasteiger partial charge >= 0.3 is 0 Å². The fourth-order valence-corrected chi connectivity index (χ4v) is 0.757. The van der Waals surface area contributed by atoms with Gasteiger partial charge in [-0.15, -0.1) is 0 Å². The first-order valence-corrected chi connectivity index (χ1v) is 4.18. The molecule has 1 atom stereocenters. The lowest BCUT2D eigenvalue weighted by Gasteiger charge is -2.02. The van der Waals surface area contributed by atoms with Crippen LogP contribution in [0.15, 0.2) is 48.0 Å². The fourth-order valence-electron chi connectivity index (χ4n) is 0.757. The molecule has 1 unspecified atom stereocenters. The molecule has 0 N–H and O–H groups in total. The molecular weight excluding hydrogens is 162 g/mol. The second-order valence-corrected chi connectivity index (χ2v) is 2.65. The van der Waals surface area contributed by atoms with Crippen LogP contribution in [0.1, 0.15) is 6.92 Å². The first-order chi connectivity index (χ1) is 6.33. The highest BCUT2D eigenvalue weighted by atomic mass is 16.5. The van der Waals surface area contributed by atoms with E-state index >= 15 is 0 Å². The van der Waals surface area contributed by atoms with E-state index in [2.05, 4.69) is 11.6 Å². The lowest BCUT2D eigenvalue weighted by molar-refractivity contribution is 0.270. The Balaban J connectivity index is 2.45. The zero-order chi connectivity index (χ0) is 9.52. The maximum absolute atomic E-state index is 5.19. The Morgan fingerprint density at radius 2 is 2.08 bits per heavy atom. The summed E-state index contributed by atoms with van der Waals surface area (Å²) in [5.74, 6) is 0. The van der Waals surface area contributed by atoms with Gasteiger partial charge in [0.25, 0.3) is 0 Å². The second kappa shape index (κ2) is 5.14. The number of nitrogens with zero attached hydrogens (tertiary/aromatic N) is 1. The van der Waals surface area contributed by atoms with Crippen LogP contribution in [0.4, 0.5) is 5.69 Å². The van der Waals surface area contributed by atoms with E-state index in [1.165, 1.54) is 6.40 Å². The van der Waals surface area contributed by atoms with Crippen LogP contribution < -0.4 is 0 Å². The van der Waals surface area contributed by atoms with Crippen LogP contribution >= 0.6 is 0 Å². The lowest BCUT2D eigenvalue weighted by Crippen LogP contribution is -2.00. The number of rotatable bonds is 4. The molecule has 0 saturated carbocycles. The normalized spacial score (nSPS) is 12.7. The zero-order valence-electron chi connectivity index (χ0n) is 7.68. The van der Waals surface area contributed by atoms with Gasteiger partial charge < -0.3 is 4.74 Å². The molecule has 0 amide bonds. The molecule has 0 spiro atoms. The number of para-hydroxylation sites is 1. The van der Waals surface area contributed by atoms with Crippen molar-refractivity contribution < 1.29 is 4.74 Å². The number of ether oxygens (including phenoxy) is 1. The molecule has 1 aromatic carbocycles. The van der Waals surface area contributed by atoms with Gasteiger partial charge in [0.2, 0.25) is 0 Å². The molecule has 1 aromatic rings. The summed E-state index contributed by atoms with van der Waals surface area (Å²) in [4.78, 5) is 4.10. The largest absolute Gasteiger partial charge is 0.476 e. The summed E-state index contributed by atoms with van der Waals surface area (Å²) < 4.78 is 5.19. The monoisotopic (exact) mass is 175 g/mol. The lowest BCUT2D eigenvalue weighted by atomic mass is 10.3. The molecule has 68 valence electrons. The molecule has 0 saturated heterocycles. The predicted octanol–water partition coefficient (Wildman–Crippen LogP) is 2.94. The Kier molecular flexibility index (Phi) is 3.76. The van der Waals surface area contributed by atoms with Crippen molar-refractivity contribution in [2.45, 2.75) is 13.0 Å². The van der Waals surface area contributed by atoms with E-state index in [0.717, 1.165) is 5.69 Å². The first-order valence-electron chi connectivity index (χ1n) is 4.18. The van der Waals surface area contributed by atoms with E-state index in [9.17, 15) is 0 Å². The molecular formula is C11H13NO. The number of hydrogen-bond donors (Lipinski definition) is 0. The number of benzene rings is 1. The van der Waals surface area contributed by atoms with Gasteiger partial charge in [-0.2, -0.15) is 0 Å². The molecule has 0 aromatic heterocycles. The van der Waals surface area contributed by atoms with E-state index in [1.807, 2.05) is 37.3 Å². The smallest absolute Gasteiger partial charge is 0.175 e. The molecule has 2 nitrogen and oxygen atoms in total. The Hall–Kier alpha value is -1.57. The predicted molar refractivity (Wildman–Crippen MR) is 55.3 cm³/mol. The van der Waals surface area contributed by atoms with Gasteiger partial charge in [-0.25, -0.2) is 4.99 Å². The van der Waals surface area contributed by atoms with E-state index in [4.69, 9.17) is 4.74 Å². The van der Waals surface area contributed by atoms with E-state index in [0.29, 0.717) is 0 Å². The summed E-state index contributed by atoms with van der Waals surface area (Å²) in [5.41, 5.74) is 0.888.